The second kappa shape index (κ2) is 5.44. The lowest BCUT2D eigenvalue weighted by Crippen LogP contribution is -2.51. The van der Waals surface area contributed by atoms with Crippen molar-refractivity contribution in [2.45, 2.75) is 78.2 Å². The van der Waals surface area contributed by atoms with Crippen molar-refractivity contribution in [2.75, 3.05) is 0 Å². The Morgan fingerprint density at radius 2 is 1.88 bits per heavy atom. The number of hydrogen-bond donors (Lipinski definition) is 0. The molecule has 3 saturated carbocycles. The minimum Gasteiger partial charge on any atom is -0.462 e. The summed E-state index contributed by atoms with van der Waals surface area (Å²) >= 11 is 0. The average molecular weight is 330 g/mol. The Kier molecular flexibility index (Phi) is 3.71. The fraction of sp³-hybridized carbons (Fsp3) is 0.810. The standard InChI is InChI=1S/C21H30O3/c1-13(22)24-19-7-6-17-16-5-4-14-12-15(23)8-10-20(14,2)18(16)9-11-21(17,19)3/h12,16-19H,4-11H2,1-3H3/t16-,17?,18?,19-,20-,21-/m0/s1. The Morgan fingerprint density at radius 3 is 2.62 bits per heavy atom. The molecule has 132 valence electrons. The first-order valence-corrected chi connectivity index (χ1v) is 9.76. The highest BCUT2D eigenvalue weighted by Gasteiger charge is 2.59. The van der Waals surface area contributed by atoms with E-state index in [1.165, 1.54) is 24.8 Å². The van der Waals surface area contributed by atoms with Crippen molar-refractivity contribution in [2.24, 2.45) is 28.6 Å². The molecular weight excluding hydrogens is 300 g/mol. The summed E-state index contributed by atoms with van der Waals surface area (Å²) in [5.41, 5.74) is 1.82. The summed E-state index contributed by atoms with van der Waals surface area (Å²) in [6.45, 7) is 6.33. The van der Waals surface area contributed by atoms with Crippen LogP contribution in [0.3, 0.4) is 0 Å². The van der Waals surface area contributed by atoms with Gasteiger partial charge in [-0.2, -0.15) is 0 Å². The van der Waals surface area contributed by atoms with Crippen LogP contribution >= 0.6 is 0 Å². The van der Waals surface area contributed by atoms with E-state index < -0.39 is 0 Å². The molecule has 0 N–H and O–H groups in total. The summed E-state index contributed by atoms with van der Waals surface area (Å²) in [5, 5.41) is 0. The molecule has 4 aliphatic rings. The summed E-state index contributed by atoms with van der Waals surface area (Å²) < 4.78 is 5.71. The molecule has 0 saturated heterocycles. The molecule has 0 amide bonds. The van der Waals surface area contributed by atoms with Crippen molar-refractivity contribution in [1.82, 2.24) is 0 Å². The summed E-state index contributed by atoms with van der Waals surface area (Å²) in [6.07, 6.45) is 10.8. The van der Waals surface area contributed by atoms with Gasteiger partial charge in [-0.15, -0.1) is 0 Å². The Bertz CT molecular complexity index is 606. The molecule has 4 aliphatic carbocycles. The lowest BCUT2D eigenvalue weighted by molar-refractivity contribution is -0.157. The zero-order valence-corrected chi connectivity index (χ0v) is 15.3. The van der Waals surface area contributed by atoms with Crippen molar-refractivity contribution in [3.63, 3.8) is 0 Å². The smallest absolute Gasteiger partial charge is 0.302 e. The maximum atomic E-state index is 11.9. The molecule has 3 fully saturated rings. The Hall–Kier alpha value is -1.12. The molecule has 0 radical (unpaired) electrons. The molecule has 0 heterocycles. The van der Waals surface area contributed by atoms with Crippen LogP contribution in [0.15, 0.2) is 11.6 Å². The third-order valence-electron chi connectivity index (χ3n) is 8.18. The van der Waals surface area contributed by atoms with Crippen molar-refractivity contribution in [3.05, 3.63) is 11.6 Å². The van der Waals surface area contributed by atoms with Gasteiger partial charge in [0.1, 0.15) is 6.10 Å². The molecule has 6 atom stereocenters. The SMILES string of the molecule is CC(=O)O[C@H]1CCC2[C@@H]3CCC4=CC(=O)CC[C@]4(C)C3CC[C@@]21C. The summed E-state index contributed by atoms with van der Waals surface area (Å²) in [4.78, 5) is 23.4. The number of esters is 1. The predicted octanol–water partition coefficient (Wildman–Crippen LogP) is 4.45. The molecule has 0 bridgehead atoms. The maximum Gasteiger partial charge on any atom is 0.302 e. The number of hydrogen-bond acceptors (Lipinski definition) is 3. The zero-order chi connectivity index (χ0) is 17.1. The van der Waals surface area contributed by atoms with Crippen LogP contribution in [0.4, 0.5) is 0 Å². The largest absolute Gasteiger partial charge is 0.462 e. The van der Waals surface area contributed by atoms with Crippen molar-refractivity contribution in [1.29, 1.82) is 0 Å². The van der Waals surface area contributed by atoms with Gasteiger partial charge in [0.2, 0.25) is 0 Å². The zero-order valence-electron chi connectivity index (χ0n) is 15.3. The number of ether oxygens (including phenoxy) is 1. The van der Waals surface area contributed by atoms with Gasteiger partial charge in [-0.25, -0.2) is 0 Å². The fourth-order valence-electron chi connectivity index (χ4n) is 6.91. The van der Waals surface area contributed by atoms with Crippen LogP contribution in [-0.4, -0.2) is 17.9 Å². The molecule has 0 aromatic carbocycles. The van der Waals surface area contributed by atoms with Crippen LogP contribution < -0.4 is 0 Å². The van der Waals surface area contributed by atoms with Gasteiger partial charge in [-0.1, -0.05) is 19.4 Å². The highest BCUT2D eigenvalue weighted by molar-refractivity contribution is 5.91. The molecule has 0 aromatic heterocycles. The van der Waals surface area contributed by atoms with Crippen LogP contribution in [0, 0.1) is 28.6 Å². The lowest BCUT2D eigenvalue weighted by Gasteiger charge is -2.57. The maximum absolute atomic E-state index is 11.9. The topological polar surface area (TPSA) is 43.4 Å². The molecule has 0 aromatic rings. The monoisotopic (exact) mass is 330 g/mol. The third-order valence-corrected chi connectivity index (χ3v) is 8.18. The van der Waals surface area contributed by atoms with E-state index in [-0.39, 0.29) is 22.9 Å². The van der Waals surface area contributed by atoms with Gasteiger partial charge in [-0.05, 0) is 74.2 Å². The summed E-state index contributed by atoms with van der Waals surface area (Å²) in [5.74, 6) is 2.32. The minimum absolute atomic E-state index is 0.110. The van der Waals surface area contributed by atoms with E-state index in [1.54, 1.807) is 6.92 Å². The molecular formula is C21H30O3. The molecule has 2 unspecified atom stereocenters. The van der Waals surface area contributed by atoms with Crippen LogP contribution in [0.2, 0.25) is 0 Å². The number of ketones is 1. The molecule has 24 heavy (non-hydrogen) atoms. The van der Waals surface area contributed by atoms with Crippen molar-refractivity contribution >= 4 is 11.8 Å². The van der Waals surface area contributed by atoms with Gasteiger partial charge in [0.25, 0.3) is 0 Å². The lowest BCUT2D eigenvalue weighted by atomic mass is 9.47. The first kappa shape index (κ1) is 16.4. The highest BCUT2D eigenvalue weighted by atomic mass is 16.5. The van der Waals surface area contributed by atoms with Gasteiger partial charge in [0, 0.05) is 18.8 Å². The van der Waals surface area contributed by atoms with E-state index in [9.17, 15) is 9.59 Å². The second-order valence-corrected chi connectivity index (χ2v) is 9.19. The molecule has 0 aliphatic heterocycles. The van der Waals surface area contributed by atoms with E-state index in [0.29, 0.717) is 17.6 Å². The van der Waals surface area contributed by atoms with E-state index in [1.807, 2.05) is 6.08 Å². The quantitative estimate of drug-likeness (QED) is 0.667. The number of carbonyl (C=O) groups is 2. The van der Waals surface area contributed by atoms with Gasteiger partial charge in [0.05, 0.1) is 0 Å². The normalized spacial score (nSPS) is 47.3. The summed E-state index contributed by atoms with van der Waals surface area (Å²) in [6, 6.07) is 0. The molecule has 3 heteroatoms. The van der Waals surface area contributed by atoms with Gasteiger partial charge in [0.15, 0.2) is 5.78 Å². The Balaban J connectivity index is 1.62. The van der Waals surface area contributed by atoms with Crippen LogP contribution in [-0.2, 0) is 14.3 Å². The Labute approximate surface area is 145 Å². The summed E-state index contributed by atoms with van der Waals surface area (Å²) in [7, 11) is 0. The first-order valence-electron chi connectivity index (χ1n) is 9.76. The van der Waals surface area contributed by atoms with Crippen LogP contribution in [0.5, 0.6) is 0 Å². The predicted molar refractivity (Wildman–Crippen MR) is 92.3 cm³/mol. The van der Waals surface area contributed by atoms with Gasteiger partial charge in [-0.3, -0.25) is 9.59 Å². The third kappa shape index (κ3) is 2.23. The van der Waals surface area contributed by atoms with Crippen molar-refractivity contribution < 1.29 is 14.3 Å². The highest BCUT2D eigenvalue weighted by Crippen LogP contribution is 2.65. The van der Waals surface area contributed by atoms with E-state index >= 15 is 0 Å². The van der Waals surface area contributed by atoms with Crippen molar-refractivity contribution in [3.8, 4) is 0 Å². The van der Waals surface area contributed by atoms with Crippen LogP contribution in [0.25, 0.3) is 0 Å². The van der Waals surface area contributed by atoms with E-state index in [0.717, 1.165) is 38.0 Å². The number of rotatable bonds is 1. The van der Waals surface area contributed by atoms with Crippen LogP contribution in [0.1, 0.15) is 72.1 Å². The second-order valence-electron chi connectivity index (χ2n) is 9.19. The van der Waals surface area contributed by atoms with E-state index in [4.69, 9.17) is 4.74 Å². The molecule has 3 nitrogen and oxygen atoms in total. The average Bonchev–Trinajstić information content (AvgIpc) is 2.84. The fourth-order valence-corrected chi connectivity index (χ4v) is 6.91. The number of fused-ring (bicyclic) bond motifs is 5. The van der Waals surface area contributed by atoms with Gasteiger partial charge < -0.3 is 4.74 Å². The number of carbonyl (C=O) groups excluding carboxylic acids is 2. The Morgan fingerprint density at radius 1 is 1.08 bits per heavy atom. The minimum atomic E-state index is -0.129. The van der Waals surface area contributed by atoms with E-state index in [2.05, 4.69) is 13.8 Å². The number of allylic oxidation sites excluding steroid dienone is 1. The first-order chi connectivity index (χ1) is 11.3. The molecule has 4 rings (SSSR count). The van der Waals surface area contributed by atoms with Gasteiger partial charge >= 0.3 is 5.97 Å². The molecule has 0 spiro atoms.